The molecule has 1 aliphatic heterocycles. The topological polar surface area (TPSA) is 62.7 Å². The van der Waals surface area contributed by atoms with Crippen molar-refractivity contribution in [3.63, 3.8) is 0 Å². The summed E-state index contributed by atoms with van der Waals surface area (Å²) in [5.41, 5.74) is 10.4. The lowest BCUT2D eigenvalue weighted by molar-refractivity contribution is 0.250. The second-order valence-corrected chi connectivity index (χ2v) is 7.14. The molecule has 1 saturated heterocycles. The fourth-order valence-electron chi connectivity index (χ4n) is 3.59. The van der Waals surface area contributed by atoms with Gasteiger partial charge in [-0.05, 0) is 18.6 Å². The van der Waals surface area contributed by atoms with Gasteiger partial charge in [-0.15, -0.1) is 0 Å². The van der Waals surface area contributed by atoms with E-state index in [0.717, 1.165) is 44.0 Å². The fraction of sp³-hybridized carbons (Fsp3) is 0.273. The standard InChI is InChI=1S/C22H26N6/c1-18-16-28(22(23)25-18)24-15-20-9-5-6-10-21(20)27-13-11-26(12-14-27)17-19-7-3-2-4-8-19/h2-10,15-16H,11-14,17H2,1H3,(H2,23,25). The molecule has 0 atom stereocenters. The van der Waals surface area contributed by atoms with Crippen molar-refractivity contribution in [2.75, 3.05) is 36.8 Å². The highest BCUT2D eigenvalue weighted by atomic mass is 15.4. The summed E-state index contributed by atoms with van der Waals surface area (Å²) in [7, 11) is 0. The minimum absolute atomic E-state index is 0.403. The minimum Gasteiger partial charge on any atom is -0.368 e. The van der Waals surface area contributed by atoms with Crippen LogP contribution in [0.5, 0.6) is 0 Å². The zero-order valence-corrected chi connectivity index (χ0v) is 16.2. The zero-order valence-electron chi connectivity index (χ0n) is 16.2. The van der Waals surface area contributed by atoms with E-state index in [4.69, 9.17) is 5.73 Å². The number of hydrogen-bond acceptors (Lipinski definition) is 5. The predicted octanol–water partition coefficient (Wildman–Crippen LogP) is 2.98. The molecule has 0 saturated carbocycles. The van der Waals surface area contributed by atoms with Gasteiger partial charge in [0.2, 0.25) is 5.95 Å². The van der Waals surface area contributed by atoms with Gasteiger partial charge < -0.3 is 10.6 Å². The van der Waals surface area contributed by atoms with Crippen LogP contribution in [0.1, 0.15) is 16.8 Å². The third kappa shape index (κ3) is 4.23. The van der Waals surface area contributed by atoms with Crippen LogP contribution in [0, 0.1) is 6.92 Å². The van der Waals surface area contributed by atoms with E-state index < -0.39 is 0 Å². The molecule has 1 aliphatic rings. The molecule has 6 nitrogen and oxygen atoms in total. The molecule has 0 radical (unpaired) electrons. The number of imidazole rings is 1. The monoisotopic (exact) mass is 374 g/mol. The van der Waals surface area contributed by atoms with Crippen molar-refractivity contribution < 1.29 is 0 Å². The Morgan fingerprint density at radius 1 is 1.00 bits per heavy atom. The number of hydrogen-bond donors (Lipinski definition) is 1. The molecule has 0 unspecified atom stereocenters. The van der Waals surface area contributed by atoms with E-state index in [-0.39, 0.29) is 0 Å². The molecule has 2 aromatic carbocycles. The minimum atomic E-state index is 0.403. The van der Waals surface area contributed by atoms with Gasteiger partial charge >= 0.3 is 0 Å². The average molecular weight is 374 g/mol. The smallest absolute Gasteiger partial charge is 0.221 e. The molecular weight excluding hydrogens is 348 g/mol. The lowest BCUT2D eigenvalue weighted by Gasteiger charge is -2.36. The molecule has 0 spiro atoms. The molecule has 4 rings (SSSR count). The maximum atomic E-state index is 5.89. The summed E-state index contributed by atoms with van der Waals surface area (Å²) in [4.78, 5) is 9.14. The molecule has 0 aliphatic carbocycles. The number of rotatable bonds is 5. The number of nitrogen functional groups attached to an aromatic ring is 1. The van der Waals surface area contributed by atoms with Gasteiger partial charge in [-0.2, -0.15) is 5.10 Å². The van der Waals surface area contributed by atoms with Crippen molar-refractivity contribution >= 4 is 17.9 Å². The molecule has 0 amide bonds. The van der Waals surface area contributed by atoms with E-state index in [1.807, 2.05) is 25.4 Å². The Labute approximate surface area is 165 Å². The number of nitrogens with zero attached hydrogens (tertiary/aromatic N) is 5. The van der Waals surface area contributed by atoms with Crippen LogP contribution in [-0.4, -0.2) is 47.0 Å². The number of benzene rings is 2. The van der Waals surface area contributed by atoms with Gasteiger partial charge in [0, 0.05) is 44.0 Å². The van der Waals surface area contributed by atoms with E-state index in [9.17, 15) is 0 Å². The van der Waals surface area contributed by atoms with Crippen LogP contribution in [0.2, 0.25) is 0 Å². The van der Waals surface area contributed by atoms with E-state index in [1.165, 1.54) is 11.3 Å². The highest BCUT2D eigenvalue weighted by molar-refractivity contribution is 5.88. The average Bonchev–Trinajstić information content (AvgIpc) is 3.05. The van der Waals surface area contributed by atoms with Crippen LogP contribution in [0.25, 0.3) is 0 Å². The summed E-state index contributed by atoms with van der Waals surface area (Å²) < 4.78 is 1.61. The van der Waals surface area contributed by atoms with Crippen molar-refractivity contribution in [1.82, 2.24) is 14.6 Å². The highest BCUT2D eigenvalue weighted by Crippen LogP contribution is 2.21. The van der Waals surface area contributed by atoms with Gasteiger partial charge in [-0.1, -0.05) is 48.5 Å². The van der Waals surface area contributed by atoms with Crippen molar-refractivity contribution in [3.8, 4) is 0 Å². The molecule has 0 bridgehead atoms. The van der Waals surface area contributed by atoms with Crippen LogP contribution in [0.15, 0.2) is 65.9 Å². The molecule has 2 N–H and O–H groups in total. The van der Waals surface area contributed by atoms with E-state index in [1.54, 1.807) is 4.68 Å². The Balaban J connectivity index is 1.43. The first-order valence-corrected chi connectivity index (χ1v) is 9.65. The predicted molar refractivity (Wildman–Crippen MR) is 115 cm³/mol. The molecule has 1 fully saturated rings. The first-order chi connectivity index (χ1) is 13.7. The lowest BCUT2D eigenvalue weighted by Crippen LogP contribution is -2.46. The third-order valence-corrected chi connectivity index (χ3v) is 5.05. The molecule has 2 heterocycles. The summed E-state index contributed by atoms with van der Waals surface area (Å²) >= 11 is 0. The second kappa shape index (κ2) is 8.27. The maximum Gasteiger partial charge on any atom is 0.221 e. The van der Waals surface area contributed by atoms with Gasteiger partial charge in [-0.3, -0.25) is 4.90 Å². The Bertz CT molecular complexity index is 939. The summed E-state index contributed by atoms with van der Waals surface area (Å²) in [6.07, 6.45) is 3.69. The second-order valence-electron chi connectivity index (χ2n) is 7.14. The first kappa shape index (κ1) is 18.3. The quantitative estimate of drug-likeness (QED) is 0.698. The zero-order chi connectivity index (χ0) is 19.3. The van der Waals surface area contributed by atoms with Crippen LogP contribution in [0.3, 0.4) is 0 Å². The third-order valence-electron chi connectivity index (χ3n) is 5.05. The van der Waals surface area contributed by atoms with Crippen molar-refractivity contribution in [2.45, 2.75) is 13.5 Å². The van der Waals surface area contributed by atoms with Crippen LogP contribution >= 0.6 is 0 Å². The van der Waals surface area contributed by atoms with Crippen LogP contribution < -0.4 is 10.6 Å². The van der Waals surface area contributed by atoms with Crippen molar-refractivity contribution in [3.05, 3.63) is 77.6 Å². The summed E-state index contributed by atoms with van der Waals surface area (Å²) in [5, 5.41) is 4.49. The van der Waals surface area contributed by atoms with Gasteiger partial charge in [0.25, 0.3) is 0 Å². The van der Waals surface area contributed by atoms with Gasteiger partial charge in [0.15, 0.2) is 0 Å². The van der Waals surface area contributed by atoms with Crippen molar-refractivity contribution in [1.29, 1.82) is 0 Å². The van der Waals surface area contributed by atoms with Crippen molar-refractivity contribution in [2.24, 2.45) is 5.10 Å². The molecule has 144 valence electrons. The summed E-state index contributed by atoms with van der Waals surface area (Å²) in [5.74, 6) is 0.403. The number of piperazine rings is 1. The van der Waals surface area contributed by atoms with Crippen LogP contribution in [-0.2, 0) is 6.54 Å². The normalized spacial score (nSPS) is 15.4. The Hall–Kier alpha value is -3.12. The Kier molecular flexibility index (Phi) is 5.39. The van der Waals surface area contributed by atoms with E-state index in [0.29, 0.717) is 5.95 Å². The van der Waals surface area contributed by atoms with Gasteiger partial charge in [0.05, 0.1) is 18.1 Å². The molecule has 3 aromatic rings. The van der Waals surface area contributed by atoms with E-state index in [2.05, 4.69) is 68.4 Å². The number of para-hydroxylation sites is 1. The number of nitrogens with two attached hydrogens (primary N) is 1. The number of aryl methyl sites for hydroxylation is 1. The van der Waals surface area contributed by atoms with Gasteiger partial charge in [-0.25, -0.2) is 9.66 Å². The largest absolute Gasteiger partial charge is 0.368 e. The van der Waals surface area contributed by atoms with Gasteiger partial charge in [0.1, 0.15) is 0 Å². The highest BCUT2D eigenvalue weighted by Gasteiger charge is 2.18. The maximum absolute atomic E-state index is 5.89. The summed E-state index contributed by atoms with van der Waals surface area (Å²) in [6.45, 7) is 7.03. The lowest BCUT2D eigenvalue weighted by atomic mass is 10.1. The molecule has 28 heavy (non-hydrogen) atoms. The number of anilines is 2. The molecular formula is C22H26N6. The Morgan fingerprint density at radius 3 is 2.43 bits per heavy atom. The first-order valence-electron chi connectivity index (χ1n) is 9.65. The molecule has 6 heteroatoms. The molecule has 1 aromatic heterocycles. The van der Waals surface area contributed by atoms with Crippen LogP contribution in [0.4, 0.5) is 11.6 Å². The number of aromatic nitrogens is 2. The fourth-order valence-corrected chi connectivity index (χ4v) is 3.59. The van der Waals surface area contributed by atoms with E-state index >= 15 is 0 Å². The Morgan fingerprint density at radius 2 is 1.71 bits per heavy atom. The summed E-state index contributed by atoms with van der Waals surface area (Å²) in [6, 6.07) is 19.1. The SMILES string of the molecule is Cc1cn(N=Cc2ccccc2N2CCN(Cc3ccccc3)CC2)c(N)n1.